The van der Waals surface area contributed by atoms with E-state index in [1.54, 1.807) is 0 Å². The second-order valence-electron chi connectivity index (χ2n) is 3.05. The average molecular weight is 169 g/mol. The zero-order valence-corrected chi connectivity index (χ0v) is 7.84. The molecule has 2 heteroatoms. The summed E-state index contributed by atoms with van der Waals surface area (Å²) < 4.78 is 0. The van der Waals surface area contributed by atoms with E-state index in [1.807, 2.05) is 0 Å². The van der Waals surface area contributed by atoms with Crippen molar-refractivity contribution in [3.8, 4) is 12.3 Å². The van der Waals surface area contributed by atoms with Crippen LogP contribution < -0.4 is 5.32 Å². The third-order valence-electron chi connectivity index (χ3n) is 1.75. The predicted molar refractivity (Wildman–Crippen MR) is 51.9 cm³/mol. The first-order valence-corrected chi connectivity index (χ1v) is 4.59. The summed E-state index contributed by atoms with van der Waals surface area (Å²) in [5.74, 6) is 2.62. The van der Waals surface area contributed by atoms with Gasteiger partial charge in [0.1, 0.15) is 0 Å². The van der Waals surface area contributed by atoms with Crippen LogP contribution in [0, 0.1) is 12.3 Å². The fraction of sp³-hybridized carbons (Fsp3) is 0.800. The molecule has 70 valence electrons. The molecular weight excluding hydrogens is 150 g/mol. The van der Waals surface area contributed by atoms with Gasteiger partial charge in [-0.3, -0.25) is 0 Å². The van der Waals surface area contributed by atoms with E-state index in [9.17, 15) is 0 Å². The van der Waals surface area contributed by atoms with Crippen LogP contribution in [0.1, 0.15) is 32.6 Å². The van der Waals surface area contributed by atoms with Gasteiger partial charge in [-0.15, -0.1) is 12.3 Å². The van der Waals surface area contributed by atoms with Gasteiger partial charge >= 0.3 is 0 Å². The van der Waals surface area contributed by atoms with E-state index in [0.29, 0.717) is 12.6 Å². The second-order valence-corrected chi connectivity index (χ2v) is 3.05. The Kier molecular flexibility index (Phi) is 8.20. The number of nitrogens with one attached hydrogen (secondary N) is 1. The van der Waals surface area contributed by atoms with Crippen LogP contribution in [-0.2, 0) is 0 Å². The van der Waals surface area contributed by atoms with Gasteiger partial charge in [0.25, 0.3) is 0 Å². The molecule has 2 N–H and O–H groups in total. The van der Waals surface area contributed by atoms with Crippen molar-refractivity contribution in [2.24, 2.45) is 0 Å². The van der Waals surface area contributed by atoms with Crippen molar-refractivity contribution < 1.29 is 5.11 Å². The highest BCUT2D eigenvalue weighted by molar-refractivity contribution is 4.87. The van der Waals surface area contributed by atoms with E-state index >= 15 is 0 Å². The standard InChI is InChI=1S/C10H19NO/c1-3-7-10(2)11-8-5-4-6-9-12/h1,10-12H,4-9H2,2H3. The highest BCUT2D eigenvalue weighted by Gasteiger charge is 1.96. The molecule has 0 aliphatic heterocycles. The van der Waals surface area contributed by atoms with Crippen LogP contribution in [0.15, 0.2) is 0 Å². The Labute approximate surface area is 75.4 Å². The zero-order chi connectivity index (χ0) is 9.23. The third-order valence-corrected chi connectivity index (χ3v) is 1.75. The first-order chi connectivity index (χ1) is 5.81. The van der Waals surface area contributed by atoms with E-state index < -0.39 is 0 Å². The summed E-state index contributed by atoms with van der Waals surface area (Å²) in [6.45, 7) is 3.40. The fourth-order valence-electron chi connectivity index (χ4n) is 1.01. The van der Waals surface area contributed by atoms with E-state index in [4.69, 9.17) is 11.5 Å². The molecular formula is C10H19NO. The Morgan fingerprint density at radius 2 is 2.17 bits per heavy atom. The minimum absolute atomic E-state index is 0.305. The molecule has 0 aromatic rings. The number of rotatable bonds is 7. The molecule has 0 aromatic carbocycles. The molecule has 0 saturated carbocycles. The van der Waals surface area contributed by atoms with Crippen LogP contribution in [0.5, 0.6) is 0 Å². The van der Waals surface area contributed by atoms with Crippen molar-refractivity contribution in [1.82, 2.24) is 5.32 Å². The molecule has 0 radical (unpaired) electrons. The van der Waals surface area contributed by atoms with Gasteiger partial charge in [0, 0.05) is 19.1 Å². The van der Waals surface area contributed by atoms with Crippen molar-refractivity contribution in [2.45, 2.75) is 38.6 Å². The lowest BCUT2D eigenvalue weighted by molar-refractivity contribution is 0.282. The van der Waals surface area contributed by atoms with Crippen molar-refractivity contribution in [3.05, 3.63) is 0 Å². The molecule has 0 heterocycles. The third kappa shape index (κ3) is 7.59. The smallest absolute Gasteiger partial charge is 0.0431 e. The Balaban J connectivity index is 3.04. The maximum absolute atomic E-state index is 8.51. The number of aliphatic hydroxyl groups excluding tert-OH is 1. The lowest BCUT2D eigenvalue weighted by Gasteiger charge is -2.09. The highest BCUT2D eigenvalue weighted by Crippen LogP contribution is 1.94. The van der Waals surface area contributed by atoms with Crippen LogP contribution in [0.3, 0.4) is 0 Å². The maximum atomic E-state index is 8.51. The molecule has 0 aliphatic rings. The molecule has 0 aliphatic carbocycles. The number of hydrogen-bond donors (Lipinski definition) is 2. The summed E-state index contributed by atoms with van der Waals surface area (Å²) in [5, 5.41) is 11.8. The Bertz CT molecular complexity index is 128. The first kappa shape index (κ1) is 11.5. The minimum Gasteiger partial charge on any atom is -0.396 e. The van der Waals surface area contributed by atoms with Crippen molar-refractivity contribution >= 4 is 0 Å². The summed E-state index contributed by atoms with van der Waals surface area (Å²) in [4.78, 5) is 0. The van der Waals surface area contributed by atoms with Gasteiger partial charge in [0.05, 0.1) is 0 Å². The fourth-order valence-corrected chi connectivity index (χ4v) is 1.01. The average Bonchev–Trinajstić information content (AvgIpc) is 2.05. The lowest BCUT2D eigenvalue weighted by atomic mass is 10.2. The van der Waals surface area contributed by atoms with Crippen LogP contribution in [0.2, 0.25) is 0 Å². The number of aliphatic hydroxyl groups is 1. The van der Waals surface area contributed by atoms with Crippen LogP contribution in [-0.4, -0.2) is 24.3 Å². The summed E-state index contributed by atoms with van der Waals surface area (Å²) in [6.07, 6.45) is 9.07. The van der Waals surface area contributed by atoms with Gasteiger partial charge in [0.15, 0.2) is 0 Å². The number of unbranched alkanes of at least 4 members (excludes halogenated alkanes) is 2. The number of hydrogen-bond acceptors (Lipinski definition) is 2. The van der Waals surface area contributed by atoms with Gasteiger partial charge in [-0.25, -0.2) is 0 Å². The SMILES string of the molecule is C#CCC(C)NCCCCCO. The molecule has 0 amide bonds. The quantitative estimate of drug-likeness (QED) is 0.442. The Morgan fingerprint density at radius 3 is 2.75 bits per heavy atom. The molecule has 12 heavy (non-hydrogen) atoms. The molecule has 0 fully saturated rings. The van der Waals surface area contributed by atoms with Crippen LogP contribution in [0.4, 0.5) is 0 Å². The van der Waals surface area contributed by atoms with Crippen LogP contribution >= 0.6 is 0 Å². The highest BCUT2D eigenvalue weighted by atomic mass is 16.2. The number of terminal acetylenes is 1. The molecule has 0 bridgehead atoms. The maximum Gasteiger partial charge on any atom is 0.0431 e. The molecule has 1 unspecified atom stereocenters. The first-order valence-electron chi connectivity index (χ1n) is 4.59. The van der Waals surface area contributed by atoms with Gasteiger partial charge in [-0.05, 0) is 32.7 Å². The van der Waals surface area contributed by atoms with Gasteiger partial charge in [-0.1, -0.05) is 0 Å². The molecule has 0 saturated heterocycles. The van der Waals surface area contributed by atoms with Crippen LogP contribution in [0.25, 0.3) is 0 Å². The summed E-state index contributed by atoms with van der Waals surface area (Å²) in [6, 6.07) is 0.420. The van der Waals surface area contributed by atoms with E-state index in [0.717, 1.165) is 32.2 Å². The molecule has 0 aromatic heterocycles. The summed E-state index contributed by atoms with van der Waals surface area (Å²) in [7, 11) is 0. The van der Waals surface area contributed by atoms with E-state index in [1.165, 1.54) is 0 Å². The summed E-state index contributed by atoms with van der Waals surface area (Å²) in [5.41, 5.74) is 0. The summed E-state index contributed by atoms with van der Waals surface area (Å²) >= 11 is 0. The largest absolute Gasteiger partial charge is 0.396 e. The normalized spacial score (nSPS) is 12.4. The lowest BCUT2D eigenvalue weighted by Crippen LogP contribution is -2.26. The Morgan fingerprint density at radius 1 is 1.42 bits per heavy atom. The van der Waals surface area contributed by atoms with E-state index in [2.05, 4.69) is 18.2 Å². The van der Waals surface area contributed by atoms with Crippen molar-refractivity contribution in [3.63, 3.8) is 0 Å². The Hall–Kier alpha value is -0.520. The minimum atomic E-state index is 0.305. The second kappa shape index (κ2) is 8.58. The van der Waals surface area contributed by atoms with Gasteiger partial charge in [0.2, 0.25) is 0 Å². The monoisotopic (exact) mass is 169 g/mol. The molecule has 0 rings (SSSR count). The van der Waals surface area contributed by atoms with Crippen molar-refractivity contribution in [2.75, 3.05) is 13.2 Å². The van der Waals surface area contributed by atoms with Gasteiger partial charge < -0.3 is 10.4 Å². The predicted octanol–water partition coefficient (Wildman–Crippen LogP) is 1.15. The topological polar surface area (TPSA) is 32.3 Å². The molecule has 0 spiro atoms. The zero-order valence-electron chi connectivity index (χ0n) is 7.84. The van der Waals surface area contributed by atoms with Gasteiger partial charge in [-0.2, -0.15) is 0 Å². The molecule has 2 nitrogen and oxygen atoms in total. The molecule has 1 atom stereocenters. The van der Waals surface area contributed by atoms with Crippen molar-refractivity contribution in [1.29, 1.82) is 0 Å². The van der Waals surface area contributed by atoms with E-state index in [-0.39, 0.29) is 0 Å².